The van der Waals surface area contributed by atoms with E-state index in [0.717, 1.165) is 11.3 Å². The number of allylic oxidation sites excluding steroid dienone is 1. The van der Waals surface area contributed by atoms with Crippen LogP contribution in [-0.4, -0.2) is 42.3 Å². The van der Waals surface area contributed by atoms with Crippen LogP contribution in [0.5, 0.6) is 0 Å². The summed E-state index contributed by atoms with van der Waals surface area (Å²) in [6.07, 6.45) is 4.65. The molecule has 5 heteroatoms. The Morgan fingerprint density at radius 1 is 1.09 bits per heavy atom. The van der Waals surface area contributed by atoms with Gasteiger partial charge in [0.05, 0.1) is 19.5 Å². The zero-order chi connectivity index (χ0) is 15.8. The van der Waals surface area contributed by atoms with E-state index in [1.807, 2.05) is 29.2 Å². The van der Waals surface area contributed by atoms with Gasteiger partial charge in [0.1, 0.15) is 0 Å². The second-order valence-electron chi connectivity index (χ2n) is 4.70. The van der Waals surface area contributed by atoms with Gasteiger partial charge in [-0.2, -0.15) is 0 Å². The van der Waals surface area contributed by atoms with Crippen molar-refractivity contribution >= 4 is 17.5 Å². The summed E-state index contributed by atoms with van der Waals surface area (Å²) in [5.41, 5.74) is 1.80. The van der Waals surface area contributed by atoms with Crippen LogP contribution in [0.1, 0.15) is 16.1 Å². The maximum atomic E-state index is 11.8. The van der Waals surface area contributed by atoms with Crippen LogP contribution in [0.15, 0.2) is 53.2 Å². The van der Waals surface area contributed by atoms with Crippen LogP contribution in [-0.2, 0) is 0 Å². The molecule has 2 N–H and O–H groups in total. The molecule has 0 aliphatic rings. The Labute approximate surface area is 129 Å². The molecule has 22 heavy (non-hydrogen) atoms. The number of carbonyl (C=O) groups is 1. The minimum Gasteiger partial charge on any atom is -0.461 e. The molecule has 2 aromatic rings. The van der Waals surface area contributed by atoms with E-state index in [1.54, 1.807) is 18.2 Å². The first-order valence-electron chi connectivity index (χ1n) is 7.07. The minimum atomic E-state index is -0.184. The molecule has 1 heterocycles. The normalized spacial score (nSPS) is 11.0. The molecule has 0 spiro atoms. The lowest BCUT2D eigenvalue weighted by Gasteiger charge is -2.22. The van der Waals surface area contributed by atoms with Crippen LogP contribution in [0, 0.1) is 0 Å². The van der Waals surface area contributed by atoms with Gasteiger partial charge in [0.2, 0.25) is 5.78 Å². The van der Waals surface area contributed by atoms with Crippen molar-refractivity contribution in [2.45, 2.75) is 0 Å². The molecular formula is C17H19NO4. The number of nitrogens with zero attached hydrogens (tertiary/aromatic N) is 1. The third kappa shape index (κ3) is 4.31. The summed E-state index contributed by atoms with van der Waals surface area (Å²) >= 11 is 0. The molecule has 1 aromatic heterocycles. The predicted molar refractivity (Wildman–Crippen MR) is 84.9 cm³/mol. The van der Waals surface area contributed by atoms with Crippen LogP contribution < -0.4 is 4.90 Å². The van der Waals surface area contributed by atoms with E-state index in [-0.39, 0.29) is 19.0 Å². The molecule has 0 atom stereocenters. The van der Waals surface area contributed by atoms with Gasteiger partial charge in [0.25, 0.3) is 0 Å². The van der Waals surface area contributed by atoms with Crippen LogP contribution in [0.2, 0.25) is 0 Å². The highest BCUT2D eigenvalue weighted by molar-refractivity contribution is 6.04. The van der Waals surface area contributed by atoms with Crippen LogP contribution in [0.4, 0.5) is 5.69 Å². The van der Waals surface area contributed by atoms with Crippen LogP contribution in [0.3, 0.4) is 0 Å². The number of carbonyl (C=O) groups excluding carboxylic acids is 1. The Morgan fingerprint density at radius 3 is 2.32 bits per heavy atom. The Kier molecular flexibility index (Phi) is 5.94. The summed E-state index contributed by atoms with van der Waals surface area (Å²) in [5.74, 6) is 0.126. The zero-order valence-corrected chi connectivity index (χ0v) is 12.2. The quantitative estimate of drug-likeness (QED) is 0.576. The van der Waals surface area contributed by atoms with Gasteiger partial charge in [-0.05, 0) is 35.9 Å². The van der Waals surface area contributed by atoms with Crippen molar-refractivity contribution in [3.8, 4) is 0 Å². The highest BCUT2D eigenvalue weighted by atomic mass is 16.3. The van der Waals surface area contributed by atoms with Gasteiger partial charge in [0.15, 0.2) is 5.76 Å². The Balaban J connectivity index is 2.03. The average molecular weight is 301 g/mol. The van der Waals surface area contributed by atoms with Crippen LogP contribution >= 0.6 is 0 Å². The maximum absolute atomic E-state index is 11.8. The SMILES string of the molecule is O=C(/C=C/c1ccc(N(CCO)CCO)cc1)c1ccco1. The largest absolute Gasteiger partial charge is 0.461 e. The molecule has 2 rings (SSSR count). The third-order valence-corrected chi connectivity index (χ3v) is 3.19. The molecule has 0 aliphatic heterocycles. The number of anilines is 1. The summed E-state index contributed by atoms with van der Waals surface area (Å²) in [4.78, 5) is 13.7. The van der Waals surface area contributed by atoms with Crippen LogP contribution in [0.25, 0.3) is 6.08 Å². The van der Waals surface area contributed by atoms with Crippen molar-refractivity contribution < 1.29 is 19.4 Å². The van der Waals surface area contributed by atoms with Crippen molar-refractivity contribution in [2.75, 3.05) is 31.2 Å². The lowest BCUT2D eigenvalue weighted by molar-refractivity contribution is 0.102. The van der Waals surface area contributed by atoms with E-state index in [2.05, 4.69) is 0 Å². The number of aliphatic hydroxyl groups excluding tert-OH is 2. The standard InChI is InChI=1S/C17H19NO4/c19-11-9-18(10-12-20)15-6-3-14(4-7-15)5-8-16(21)17-2-1-13-22-17/h1-8,13,19-20H,9-12H2/b8-5+. The number of furan rings is 1. The summed E-state index contributed by atoms with van der Waals surface area (Å²) in [7, 11) is 0. The van der Waals surface area contributed by atoms with Gasteiger partial charge in [-0.25, -0.2) is 0 Å². The summed E-state index contributed by atoms with van der Waals surface area (Å²) in [6.45, 7) is 0.984. The fourth-order valence-electron chi connectivity index (χ4n) is 2.08. The molecule has 0 unspecified atom stereocenters. The van der Waals surface area contributed by atoms with Gasteiger partial charge < -0.3 is 19.5 Å². The molecule has 0 fully saturated rings. The first kappa shape index (κ1) is 16.0. The maximum Gasteiger partial charge on any atom is 0.221 e. The third-order valence-electron chi connectivity index (χ3n) is 3.19. The fourth-order valence-corrected chi connectivity index (χ4v) is 2.08. The first-order chi connectivity index (χ1) is 10.7. The molecule has 0 saturated heterocycles. The molecule has 0 radical (unpaired) electrons. The van der Waals surface area contributed by atoms with Crippen molar-refractivity contribution in [3.05, 3.63) is 60.1 Å². The Hall–Kier alpha value is -2.37. The monoisotopic (exact) mass is 301 g/mol. The number of hydrogen-bond donors (Lipinski definition) is 2. The molecule has 0 saturated carbocycles. The summed E-state index contributed by atoms with van der Waals surface area (Å²) < 4.78 is 5.03. The molecule has 0 aliphatic carbocycles. The first-order valence-corrected chi connectivity index (χ1v) is 7.07. The Bertz CT molecular complexity index is 596. The molecule has 0 bridgehead atoms. The van der Waals surface area contributed by atoms with Gasteiger partial charge in [-0.1, -0.05) is 18.2 Å². The van der Waals surface area contributed by atoms with Gasteiger partial charge in [-0.15, -0.1) is 0 Å². The molecular weight excluding hydrogens is 282 g/mol. The van der Waals surface area contributed by atoms with Gasteiger partial charge in [-0.3, -0.25) is 4.79 Å². The second kappa shape index (κ2) is 8.17. The predicted octanol–water partition coefficient (Wildman–Crippen LogP) is 1.97. The van der Waals surface area contributed by atoms with Gasteiger partial charge >= 0.3 is 0 Å². The Morgan fingerprint density at radius 2 is 1.77 bits per heavy atom. The minimum absolute atomic E-state index is 0.0271. The summed E-state index contributed by atoms with van der Waals surface area (Å²) in [5, 5.41) is 18.1. The molecule has 0 amide bonds. The van der Waals surface area contributed by atoms with E-state index < -0.39 is 0 Å². The highest BCUT2D eigenvalue weighted by Crippen LogP contribution is 2.16. The van der Waals surface area contributed by atoms with Crippen molar-refractivity contribution in [3.63, 3.8) is 0 Å². The zero-order valence-electron chi connectivity index (χ0n) is 12.2. The number of rotatable bonds is 8. The van der Waals surface area contributed by atoms with Crippen molar-refractivity contribution in [1.29, 1.82) is 0 Å². The van der Waals surface area contributed by atoms with E-state index in [0.29, 0.717) is 18.8 Å². The van der Waals surface area contributed by atoms with E-state index in [9.17, 15) is 4.79 Å². The van der Waals surface area contributed by atoms with E-state index >= 15 is 0 Å². The molecule has 5 nitrogen and oxygen atoms in total. The van der Waals surface area contributed by atoms with E-state index in [4.69, 9.17) is 14.6 Å². The number of benzene rings is 1. The number of aliphatic hydroxyl groups is 2. The topological polar surface area (TPSA) is 73.9 Å². The lowest BCUT2D eigenvalue weighted by atomic mass is 10.1. The summed E-state index contributed by atoms with van der Waals surface area (Å²) in [6, 6.07) is 10.8. The highest BCUT2D eigenvalue weighted by Gasteiger charge is 2.05. The average Bonchev–Trinajstić information content (AvgIpc) is 3.07. The number of hydrogen-bond acceptors (Lipinski definition) is 5. The van der Waals surface area contributed by atoms with E-state index in [1.165, 1.54) is 12.3 Å². The number of ketones is 1. The molecule has 1 aromatic carbocycles. The lowest BCUT2D eigenvalue weighted by Crippen LogP contribution is -2.29. The molecule has 116 valence electrons. The van der Waals surface area contributed by atoms with Crippen molar-refractivity contribution in [1.82, 2.24) is 0 Å². The second-order valence-corrected chi connectivity index (χ2v) is 4.70. The van der Waals surface area contributed by atoms with Gasteiger partial charge in [0, 0.05) is 18.8 Å². The fraction of sp³-hybridized carbons (Fsp3) is 0.235. The smallest absolute Gasteiger partial charge is 0.221 e. The van der Waals surface area contributed by atoms with Crippen molar-refractivity contribution in [2.24, 2.45) is 0 Å².